The molecular formula is C13H24O2. The number of ketones is 2. The van der Waals surface area contributed by atoms with Gasteiger partial charge in [-0.1, -0.05) is 27.2 Å². The van der Waals surface area contributed by atoms with E-state index in [1.165, 1.54) is 0 Å². The second-order valence-electron chi connectivity index (χ2n) is 4.41. The second-order valence-corrected chi connectivity index (χ2v) is 4.41. The fourth-order valence-electron chi connectivity index (χ4n) is 1.69. The van der Waals surface area contributed by atoms with Crippen molar-refractivity contribution < 1.29 is 9.59 Å². The normalized spacial score (nSPS) is 14.7. The van der Waals surface area contributed by atoms with Gasteiger partial charge in [-0.05, 0) is 26.2 Å². The summed E-state index contributed by atoms with van der Waals surface area (Å²) in [7, 11) is 0. The highest BCUT2D eigenvalue weighted by atomic mass is 16.1. The lowest BCUT2D eigenvalue weighted by Crippen LogP contribution is -2.16. The van der Waals surface area contributed by atoms with Gasteiger partial charge in [0.15, 0.2) is 0 Å². The Kier molecular flexibility index (Phi) is 7.27. The quantitative estimate of drug-likeness (QED) is 0.618. The number of hydrogen-bond donors (Lipinski definition) is 0. The lowest BCUT2D eigenvalue weighted by atomic mass is 9.90. The van der Waals surface area contributed by atoms with Crippen LogP contribution in [0.2, 0.25) is 0 Å². The summed E-state index contributed by atoms with van der Waals surface area (Å²) < 4.78 is 0. The molecule has 0 spiro atoms. The molecule has 0 aromatic rings. The largest absolute Gasteiger partial charge is 0.300 e. The zero-order valence-corrected chi connectivity index (χ0v) is 10.5. The topological polar surface area (TPSA) is 34.1 Å². The number of carbonyl (C=O) groups excluding carboxylic acids is 2. The molecule has 0 radical (unpaired) electrons. The molecule has 15 heavy (non-hydrogen) atoms. The van der Waals surface area contributed by atoms with E-state index in [-0.39, 0.29) is 17.6 Å². The van der Waals surface area contributed by atoms with Gasteiger partial charge >= 0.3 is 0 Å². The van der Waals surface area contributed by atoms with E-state index in [2.05, 4.69) is 6.92 Å². The SMILES string of the molecule is CCCC(CCC(=O)C(C)CC)C(C)=O. The van der Waals surface area contributed by atoms with Gasteiger partial charge in [-0.2, -0.15) is 0 Å². The molecule has 2 heteroatoms. The zero-order chi connectivity index (χ0) is 11.8. The van der Waals surface area contributed by atoms with Crippen molar-refractivity contribution in [3.8, 4) is 0 Å². The predicted molar refractivity (Wildman–Crippen MR) is 62.8 cm³/mol. The van der Waals surface area contributed by atoms with Crippen molar-refractivity contribution in [3.05, 3.63) is 0 Å². The average Bonchev–Trinajstić information content (AvgIpc) is 2.21. The standard InChI is InChI=1S/C13H24O2/c1-5-7-12(11(4)14)8-9-13(15)10(3)6-2/h10,12H,5-9H2,1-4H3. The summed E-state index contributed by atoms with van der Waals surface area (Å²) in [4.78, 5) is 22.9. The average molecular weight is 212 g/mol. The van der Waals surface area contributed by atoms with E-state index in [0.29, 0.717) is 12.2 Å². The van der Waals surface area contributed by atoms with Crippen LogP contribution >= 0.6 is 0 Å². The van der Waals surface area contributed by atoms with E-state index in [1.807, 2.05) is 13.8 Å². The van der Waals surface area contributed by atoms with Crippen molar-refractivity contribution in [2.45, 2.75) is 59.8 Å². The van der Waals surface area contributed by atoms with Gasteiger partial charge in [0.2, 0.25) is 0 Å². The minimum atomic E-state index is 0.100. The molecule has 0 bridgehead atoms. The van der Waals surface area contributed by atoms with Crippen molar-refractivity contribution in [1.29, 1.82) is 0 Å². The first-order valence-corrected chi connectivity index (χ1v) is 6.06. The zero-order valence-electron chi connectivity index (χ0n) is 10.5. The minimum Gasteiger partial charge on any atom is -0.300 e. The van der Waals surface area contributed by atoms with Crippen LogP contribution < -0.4 is 0 Å². The Hall–Kier alpha value is -0.660. The maximum absolute atomic E-state index is 11.6. The van der Waals surface area contributed by atoms with Crippen molar-refractivity contribution in [2.24, 2.45) is 11.8 Å². The Morgan fingerprint density at radius 3 is 2.13 bits per heavy atom. The smallest absolute Gasteiger partial charge is 0.135 e. The Bertz CT molecular complexity index is 209. The van der Waals surface area contributed by atoms with Crippen molar-refractivity contribution >= 4 is 11.6 Å². The summed E-state index contributed by atoms with van der Waals surface area (Å²) in [6.07, 6.45) is 4.15. The number of hydrogen-bond acceptors (Lipinski definition) is 2. The summed E-state index contributed by atoms with van der Waals surface area (Å²) in [5.41, 5.74) is 0. The molecule has 0 aliphatic rings. The summed E-state index contributed by atoms with van der Waals surface area (Å²) >= 11 is 0. The second kappa shape index (κ2) is 7.61. The van der Waals surface area contributed by atoms with Crippen molar-refractivity contribution in [2.75, 3.05) is 0 Å². The highest BCUT2D eigenvalue weighted by molar-refractivity contribution is 5.82. The highest BCUT2D eigenvalue weighted by Crippen LogP contribution is 2.17. The summed E-state index contributed by atoms with van der Waals surface area (Å²) in [5.74, 6) is 0.788. The van der Waals surface area contributed by atoms with Gasteiger partial charge in [0, 0.05) is 18.3 Å². The molecule has 0 aliphatic heterocycles. The molecule has 2 nitrogen and oxygen atoms in total. The van der Waals surface area contributed by atoms with Gasteiger partial charge in [-0.3, -0.25) is 9.59 Å². The molecule has 0 N–H and O–H groups in total. The molecule has 0 saturated heterocycles. The van der Waals surface area contributed by atoms with Gasteiger partial charge in [0.05, 0.1) is 0 Å². The van der Waals surface area contributed by atoms with Crippen molar-refractivity contribution in [3.63, 3.8) is 0 Å². The van der Waals surface area contributed by atoms with Gasteiger partial charge in [-0.25, -0.2) is 0 Å². The van der Waals surface area contributed by atoms with Crippen LogP contribution in [-0.2, 0) is 9.59 Å². The third-order valence-electron chi connectivity index (χ3n) is 3.11. The molecule has 0 aliphatic carbocycles. The summed E-state index contributed by atoms with van der Waals surface area (Å²) in [6, 6.07) is 0. The van der Waals surface area contributed by atoms with E-state index < -0.39 is 0 Å². The first-order chi connectivity index (χ1) is 7.02. The fraction of sp³-hybridized carbons (Fsp3) is 0.846. The van der Waals surface area contributed by atoms with E-state index in [0.717, 1.165) is 25.7 Å². The van der Waals surface area contributed by atoms with E-state index in [4.69, 9.17) is 0 Å². The van der Waals surface area contributed by atoms with E-state index in [1.54, 1.807) is 6.92 Å². The fourth-order valence-corrected chi connectivity index (χ4v) is 1.69. The first-order valence-electron chi connectivity index (χ1n) is 6.06. The lowest BCUT2D eigenvalue weighted by Gasteiger charge is -2.13. The van der Waals surface area contributed by atoms with Crippen LogP contribution in [0.4, 0.5) is 0 Å². The summed E-state index contributed by atoms with van der Waals surface area (Å²) in [6.45, 7) is 7.70. The van der Waals surface area contributed by atoms with Crippen LogP contribution in [0.5, 0.6) is 0 Å². The van der Waals surface area contributed by atoms with Gasteiger partial charge in [-0.15, -0.1) is 0 Å². The molecule has 88 valence electrons. The first kappa shape index (κ1) is 14.3. The predicted octanol–water partition coefficient (Wildman–Crippen LogP) is 3.39. The molecule has 2 atom stereocenters. The molecule has 0 saturated carbocycles. The number of Topliss-reactive ketones (excluding diaryl/α,β-unsaturated/α-hetero) is 2. The molecule has 0 aromatic heterocycles. The Morgan fingerprint density at radius 2 is 1.73 bits per heavy atom. The lowest BCUT2D eigenvalue weighted by molar-refractivity contribution is -0.124. The molecule has 0 amide bonds. The van der Waals surface area contributed by atoms with Gasteiger partial charge in [0.25, 0.3) is 0 Å². The minimum absolute atomic E-state index is 0.100. The van der Waals surface area contributed by atoms with Crippen LogP contribution in [0.25, 0.3) is 0 Å². The molecule has 0 fully saturated rings. The highest BCUT2D eigenvalue weighted by Gasteiger charge is 2.17. The maximum Gasteiger partial charge on any atom is 0.135 e. The van der Waals surface area contributed by atoms with E-state index in [9.17, 15) is 9.59 Å². The van der Waals surface area contributed by atoms with E-state index >= 15 is 0 Å². The summed E-state index contributed by atoms with van der Waals surface area (Å²) in [5, 5.41) is 0. The maximum atomic E-state index is 11.6. The molecule has 0 aromatic carbocycles. The molecule has 2 unspecified atom stereocenters. The number of rotatable bonds is 8. The molecule has 0 rings (SSSR count). The number of carbonyl (C=O) groups is 2. The molecular weight excluding hydrogens is 188 g/mol. The Balaban J connectivity index is 3.99. The van der Waals surface area contributed by atoms with Crippen LogP contribution in [0.15, 0.2) is 0 Å². The molecule has 0 heterocycles. The Labute approximate surface area is 93.4 Å². The van der Waals surface area contributed by atoms with Crippen LogP contribution in [0.3, 0.4) is 0 Å². The van der Waals surface area contributed by atoms with Crippen molar-refractivity contribution in [1.82, 2.24) is 0 Å². The van der Waals surface area contributed by atoms with Crippen LogP contribution in [0.1, 0.15) is 59.8 Å². The third-order valence-corrected chi connectivity index (χ3v) is 3.11. The van der Waals surface area contributed by atoms with Crippen LogP contribution in [-0.4, -0.2) is 11.6 Å². The van der Waals surface area contributed by atoms with Crippen LogP contribution in [0, 0.1) is 11.8 Å². The Morgan fingerprint density at radius 1 is 1.13 bits per heavy atom. The van der Waals surface area contributed by atoms with Gasteiger partial charge in [0.1, 0.15) is 11.6 Å². The third kappa shape index (κ3) is 5.71. The van der Waals surface area contributed by atoms with Gasteiger partial charge < -0.3 is 0 Å². The monoisotopic (exact) mass is 212 g/mol.